The van der Waals surface area contributed by atoms with E-state index in [0.717, 1.165) is 32.2 Å². The van der Waals surface area contributed by atoms with Crippen LogP contribution in [-0.2, 0) is 16.6 Å². The Hall–Kier alpha value is -1.30. The molecule has 5 rings (SSSR count). The summed E-state index contributed by atoms with van der Waals surface area (Å²) in [6.45, 7) is 1.01. The first kappa shape index (κ1) is 14.1. The number of rotatable bonds is 1. The van der Waals surface area contributed by atoms with Crippen LogP contribution in [0.25, 0.3) is 0 Å². The molecule has 2 heterocycles. The Labute approximate surface area is 136 Å². The van der Waals surface area contributed by atoms with Crippen LogP contribution >= 0.6 is 0 Å². The fraction of sp³-hybridized carbons (Fsp3) is 0.667. The van der Waals surface area contributed by atoms with E-state index in [9.17, 15) is 5.11 Å². The highest BCUT2D eigenvalue weighted by Crippen LogP contribution is 2.66. The maximum Gasteiger partial charge on any atom is 0.165 e. The number of nitrogens with two attached hydrogens (primary N) is 1. The highest BCUT2D eigenvalue weighted by Gasteiger charge is 2.73. The molecule has 0 radical (unpaired) electrons. The van der Waals surface area contributed by atoms with Gasteiger partial charge in [-0.25, -0.2) is 0 Å². The summed E-state index contributed by atoms with van der Waals surface area (Å²) in [6.07, 6.45) is 3.66. The van der Waals surface area contributed by atoms with Crippen molar-refractivity contribution in [3.05, 3.63) is 23.3 Å². The van der Waals surface area contributed by atoms with Gasteiger partial charge in [0.05, 0.1) is 11.0 Å². The van der Waals surface area contributed by atoms with Crippen LogP contribution < -0.4 is 10.5 Å². The highest BCUT2D eigenvalue weighted by molar-refractivity contribution is 5.62. The van der Waals surface area contributed by atoms with Crippen LogP contribution in [-0.4, -0.2) is 54.5 Å². The fourth-order valence-electron chi connectivity index (χ4n) is 6.18. The van der Waals surface area contributed by atoms with Gasteiger partial charge in [-0.15, -0.1) is 0 Å². The zero-order chi connectivity index (χ0) is 16.0. The number of likely N-dealkylation sites (tertiary alicyclic amines) is 1. The fourth-order valence-corrected chi connectivity index (χ4v) is 6.18. The molecule has 5 heteroatoms. The third kappa shape index (κ3) is 1.33. The molecular weight excluding hydrogens is 292 g/mol. The SMILES string of the molecule is CO[C@@]12CC[C@@H](N)[C@@H]3Oc4c(O)ccc5c4C31CCN(C)C2C5. The van der Waals surface area contributed by atoms with Crippen molar-refractivity contribution < 1.29 is 14.6 Å². The number of phenols is 1. The predicted molar refractivity (Wildman–Crippen MR) is 85.9 cm³/mol. The molecule has 4 aliphatic rings. The molecule has 0 aromatic heterocycles. The number of aromatic hydroxyl groups is 1. The van der Waals surface area contributed by atoms with Gasteiger partial charge >= 0.3 is 0 Å². The monoisotopic (exact) mass is 316 g/mol. The molecule has 2 fully saturated rings. The van der Waals surface area contributed by atoms with Crippen LogP contribution in [0.4, 0.5) is 0 Å². The lowest BCUT2D eigenvalue weighted by atomic mass is 9.48. The predicted octanol–water partition coefficient (Wildman–Crippen LogP) is 1.16. The van der Waals surface area contributed by atoms with Gasteiger partial charge < -0.3 is 25.2 Å². The van der Waals surface area contributed by atoms with Gasteiger partial charge in [0.15, 0.2) is 11.5 Å². The molecule has 3 N–H and O–H groups in total. The first-order chi connectivity index (χ1) is 11.0. The van der Waals surface area contributed by atoms with Crippen LogP contribution in [0, 0.1) is 0 Å². The van der Waals surface area contributed by atoms with Gasteiger partial charge in [-0.1, -0.05) is 6.07 Å². The molecule has 1 spiro atoms. The van der Waals surface area contributed by atoms with Crippen LogP contribution in [0.2, 0.25) is 0 Å². The molecule has 5 atom stereocenters. The summed E-state index contributed by atoms with van der Waals surface area (Å²) in [7, 11) is 4.04. The molecule has 1 aromatic carbocycles. The zero-order valence-corrected chi connectivity index (χ0v) is 13.7. The number of phenolic OH excluding ortho intramolecular Hbond substituents is 1. The van der Waals surface area contributed by atoms with E-state index < -0.39 is 0 Å². The van der Waals surface area contributed by atoms with E-state index in [1.165, 1.54) is 11.1 Å². The Bertz CT molecular complexity index is 693. The second-order valence-corrected chi connectivity index (χ2v) is 7.70. The van der Waals surface area contributed by atoms with Crippen molar-refractivity contribution in [1.82, 2.24) is 4.90 Å². The van der Waals surface area contributed by atoms with Gasteiger partial charge in [0.1, 0.15) is 6.10 Å². The third-order valence-electron chi connectivity index (χ3n) is 7.10. The van der Waals surface area contributed by atoms with Crippen molar-refractivity contribution in [2.45, 2.75) is 54.9 Å². The van der Waals surface area contributed by atoms with E-state index in [2.05, 4.69) is 18.0 Å². The molecule has 1 saturated heterocycles. The Morgan fingerprint density at radius 2 is 2.22 bits per heavy atom. The van der Waals surface area contributed by atoms with E-state index in [1.54, 1.807) is 6.07 Å². The number of benzene rings is 1. The van der Waals surface area contributed by atoms with E-state index in [1.807, 2.05) is 7.11 Å². The number of likely N-dealkylation sites (N-methyl/N-ethyl adjacent to an activating group) is 1. The van der Waals surface area contributed by atoms with Crippen LogP contribution in [0.5, 0.6) is 11.5 Å². The summed E-state index contributed by atoms with van der Waals surface area (Å²) in [4.78, 5) is 2.44. The quantitative estimate of drug-likeness (QED) is 0.814. The standard InChI is InChI=1S/C18H24N2O3/c1-20-8-7-17-14-10-3-4-12(21)15(14)23-16(17)11(19)5-6-18(17,22-2)13(20)9-10/h3-4,11,13,16,21H,5-9,19H2,1-2H3/t11-,13?,16+,17?,18-/m1/s1. The number of ether oxygens (including phenoxy) is 2. The maximum absolute atomic E-state index is 10.4. The van der Waals surface area contributed by atoms with Gasteiger partial charge in [0.25, 0.3) is 0 Å². The third-order valence-corrected chi connectivity index (χ3v) is 7.10. The minimum Gasteiger partial charge on any atom is -0.504 e. The average Bonchev–Trinajstić information content (AvgIpc) is 2.91. The number of hydrogen-bond acceptors (Lipinski definition) is 5. The molecular formula is C18H24N2O3. The van der Waals surface area contributed by atoms with Gasteiger partial charge in [-0.05, 0) is 50.9 Å². The first-order valence-corrected chi connectivity index (χ1v) is 8.58. The first-order valence-electron chi connectivity index (χ1n) is 8.58. The van der Waals surface area contributed by atoms with Gasteiger partial charge in [0.2, 0.25) is 0 Å². The number of nitrogens with zero attached hydrogens (tertiary/aromatic N) is 1. The summed E-state index contributed by atoms with van der Waals surface area (Å²) in [5, 5.41) is 10.4. The lowest BCUT2D eigenvalue weighted by Gasteiger charge is -2.65. The molecule has 5 nitrogen and oxygen atoms in total. The molecule has 2 aliphatic carbocycles. The summed E-state index contributed by atoms with van der Waals surface area (Å²) < 4.78 is 12.6. The number of piperidine rings is 1. The molecule has 2 aliphatic heterocycles. The normalized spacial score (nSPS) is 43.9. The second-order valence-electron chi connectivity index (χ2n) is 7.70. The zero-order valence-electron chi connectivity index (χ0n) is 13.7. The lowest BCUT2D eigenvalue weighted by Crippen LogP contribution is -2.78. The smallest absolute Gasteiger partial charge is 0.165 e. The lowest BCUT2D eigenvalue weighted by molar-refractivity contribution is -0.201. The number of methoxy groups -OCH3 is 1. The molecule has 124 valence electrons. The van der Waals surface area contributed by atoms with Crippen LogP contribution in [0.1, 0.15) is 30.4 Å². The molecule has 2 bridgehead atoms. The Balaban J connectivity index is 1.86. The summed E-state index contributed by atoms with van der Waals surface area (Å²) in [6, 6.07) is 4.15. The van der Waals surface area contributed by atoms with Crippen molar-refractivity contribution in [1.29, 1.82) is 0 Å². The molecule has 23 heavy (non-hydrogen) atoms. The van der Waals surface area contributed by atoms with Crippen molar-refractivity contribution in [3.8, 4) is 11.5 Å². The summed E-state index contributed by atoms with van der Waals surface area (Å²) in [5.74, 6) is 0.899. The van der Waals surface area contributed by atoms with E-state index in [4.69, 9.17) is 15.2 Å². The molecule has 0 amide bonds. The van der Waals surface area contributed by atoms with Crippen LogP contribution in [0.15, 0.2) is 12.1 Å². The topological polar surface area (TPSA) is 68.0 Å². The van der Waals surface area contributed by atoms with Crippen molar-refractivity contribution >= 4 is 0 Å². The molecule has 1 saturated carbocycles. The van der Waals surface area contributed by atoms with Crippen molar-refractivity contribution in [2.24, 2.45) is 5.73 Å². The Morgan fingerprint density at radius 1 is 1.39 bits per heavy atom. The largest absolute Gasteiger partial charge is 0.504 e. The second kappa shape index (κ2) is 4.21. The average molecular weight is 316 g/mol. The van der Waals surface area contributed by atoms with E-state index >= 15 is 0 Å². The van der Waals surface area contributed by atoms with E-state index in [0.29, 0.717) is 11.8 Å². The van der Waals surface area contributed by atoms with Crippen molar-refractivity contribution in [2.75, 3.05) is 20.7 Å². The van der Waals surface area contributed by atoms with Gasteiger partial charge in [-0.2, -0.15) is 0 Å². The van der Waals surface area contributed by atoms with Crippen molar-refractivity contribution in [3.63, 3.8) is 0 Å². The highest BCUT2D eigenvalue weighted by atomic mass is 16.5. The molecule has 2 unspecified atom stereocenters. The maximum atomic E-state index is 10.4. The summed E-state index contributed by atoms with van der Waals surface area (Å²) in [5.41, 5.74) is 8.47. The minimum absolute atomic E-state index is 0.0138. The van der Waals surface area contributed by atoms with Crippen LogP contribution in [0.3, 0.4) is 0 Å². The minimum atomic E-state index is -0.271. The van der Waals surface area contributed by atoms with Gasteiger partial charge in [-0.3, -0.25) is 0 Å². The van der Waals surface area contributed by atoms with E-state index in [-0.39, 0.29) is 28.9 Å². The Kier molecular flexibility index (Phi) is 2.57. The van der Waals surface area contributed by atoms with Gasteiger partial charge in [0, 0.05) is 24.8 Å². The Morgan fingerprint density at radius 3 is 3.00 bits per heavy atom. The number of hydrogen-bond donors (Lipinski definition) is 2. The molecule has 1 aromatic rings. The summed E-state index contributed by atoms with van der Waals surface area (Å²) >= 11 is 0.